The molecule has 0 aliphatic heterocycles. The summed E-state index contributed by atoms with van der Waals surface area (Å²) in [5, 5.41) is 4.88. The third kappa shape index (κ3) is 6.28. The average molecular weight is 702 g/mol. The van der Waals surface area contributed by atoms with Gasteiger partial charge < -0.3 is 4.90 Å². The van der Waals surface area contributed by atoms with E-state index in [1.807, 2.05) is 24.4 Å². The van der Waals surface area contributed by atoms with E-state index in [0.29, 0.717) is 0 Å². The van der Waals surface area contributed by atoms with E-state index in [2.05, 4.69) is 193 Å². The van der Waals surface area contributed by atoms with Crippen LogP contribution in [0.3, 0.4) is 0 Å². The fourth-order valence-electron chi connectivity index (χ4n) is 7.63. The molecule has 3 heteroatoms. The first-order valence-electron chi connectivity index (χ1n) is 18.6. The number of hydrogen-bond acceptors (Lipinski definition) is 3. The van der Waals surface area contributed by atoms with Crippen molar-refractivity contribution < 1.29 is 0 Å². The second-order valence-electron chi connectivity index (χ2n) is 13.9. The Morgan fingerprint density at radius 3 is 1.55 bits per heavy atom. The largest absolute Gasteiger partial charge is 0.310 e. The van der Waals surface area contributed by atoms with Crippen LogP contribution in [0.5, 0.6) is 0 Å². The summed E-state index contributed by atoms with van der Waals surface area (Å²) in [5.74, 6) is 0. The van der Waals surface area contributed by atoms with Gasteiger partial charge in [0.05, 0.1) is 16.7 Å². The molecule has 0 fully saturated rings. The Hall–Kier alpha value is -7.36. The molecule has 0 aliphatic rings. The van der Waals surface area contributed by atoms with Crippen LogP contribution in [0.1, 0.15) is 0 Å². The molecular weight excluding hydrogens is 667 g/mol. The highest BCUT2D eigenvalue weighted by molar-refractivity contribution is 5.95. The van der Waals surface area contributed by atoms with Gasteiger partial charge in [-0.15, -0.1) is 0 Å². The number of nitrogens with zero attached hydrogens (tertiary/aromatic N) is 3. The van der Waals surface area contributed by atoms with Crippen LogP contribution in [0.25, 0.3) is 77.2 Å². The van der Waals surface area contributed by atoms with Crippen molar-refractivity contribution in [3.05, 3.63) is 212 Å². The molecule has 0 aliphatic carbocycles. The van der Waals surface area contributed by atoms with Gasteiger partial charge >= 0.3 is 0 Å². The van der Waals surface area contributed by atoms with Crippen LogP contribution in [0.2, 0.25) is 0 Å². The van der Waals surface area contributed by atoms with Gasteiger partial charge in [0.1, 0.15) is 0 Å². The predicted octanol–water partition coefficient (Wildman–Crippen LogP) is 14.1. The monoisotopic (exact) mass is 701 g/mol. The van der Waals surface area contributed by atoms with Crippen molar-refractivity contribution in [2.24, 2.45) is 0 Å². The molecule has 0 unspecified atom stereocenters. The number of benzene rings is 8. The van der Waals surface area contributed by atoms with Crippen LogP contribution in [0.4, 0.5) is 17.1 Å². The van der Waals surface area contributed by atoms with Crippen molar-refractivity contribution in [3.8, 4) is 44.6 Å². The molecule has 0 amide bonds. The molecule has 2 heterocycles. The summed E-state index contributed by atoms with van der Waals surface area (Å²) in [7, 11) is 0. The molecule has 0 saturated heterocycles. The van der Waals surface area contributed by atoms with Gasteiger partial charge in [0, 0.05) is 34.4 Å². The first-order chi connectivity index (χ1) is 27.2. The lowest BCUT2D eigenvalue weighted by molar-refractivity contribution is 1.28. The van der Waals surface area contributed by atoms with E-state index < -0.39 is 0 Å². The first-order valence-corrected chi connectivity index (χ1v) is 18.6. The lowest BCUT2D eigenvalue weighted by Gasteiger charge is -2.26. The highest BCUT2D eigenvalue weighted by Crippen LogP contribution is 2.39. The van der Waals surface area contributed by atoms with E-state index in [1.54, 1.807) is 0 Å². The minimum atomic E-state index is 0.877. The van der Waals surface area contributed by atoms with Crippen molar-refractivity contribution in [1.82, 2.24) is 9.97 Å². The second kappa shape index (κ2) is 13.9. The standard InChI is InChI=1S/C52H35N3/c1-3-10-36(11-4-1)42-19-20-45-34-48(30-25-44(45)33-42)55(46-26-21-38(22-27-46)43-18-17-37-12-7-8-15-41(37)32-43)47-28-23-40(24-29-47)51-35-49(39-13-5-2-6-14-39)52-50(54-51)16-9-31-53-52/h1-35H. The van der Waals surface area contributed by atoms with E-state index in [9.17, 15) is 0 Å². The van der Waals surface area contributed by atoms with Crippen LogP contribution < -0.4 is 4.90 Å². The Bertz CT molecular complexity index is 2960. The van der Waals surface area contributed by atoms with Gasteiger partial charge in [-0.1, -0.05) is 140 Å². The Morgan fingerprint density at radius 1 is 0.327 bits per heavy atom. The lowest BCUT2D eigenvalue weighted by Crippen LogP contribution is -2.10. The average Bonchev–Trinajstić information content (AvgIpc) is 3.27. The van der Waals surface area contributed by atoms with E-state index in [-0.39, 0.29) is 0 Å². The van der Waals surface area contributed by atoms with Crippen LogP contribution in [-0.2, 0) is 0 Å². The second-order valence-corrected chi connectivity index (χ2v) is 13.9. The van der Waals surface area contributed by atoms with E-state index in [0.717, 1.165) is 50.5 Å². The van der Waals surface area contributed by atoms with Gasteiger partial charge in [0.2, 0.25) is 0 Å². The van der Waals surface area contributed by atoms with E-state index >= 15 is 0 Å². The Kier molecular flexibility index (Phi) is 8.16. The van der Waals surface area contributed by atoms with Gasteiger partial charge in [-0.05, 0) is 116 Å². The maximum Gasteiger partial charge on any atom is 0.0965 e. The highest BCUT2D eigenvalue weighted by atomic mass is 15.1. The zero-order chi connectivity index (χ0) is 36.6. The number of fused-ring (bicyclic) bond motifs is 3. The summed E-state index contributed by atoms with van der Waals surface area (Å²) >= 11 is 0. The summed E-state index contributed by atoms with van der Waals surface area (Å²) in [6.07, 6.45) is 1.84. The van der Waals surface area contributed by atoms with E-state index in [4.69, 9.17) is 9.97 Å². The Balaban J connectivity index is 1.05. The molecule has 3 nitrogen and oxygen atoms in total. The zero-order valence-corrected chi connectivity index (χ0v) is 30.0. The van der Waals surface area contributed by atoms with Crippen LogP contribution in [-0.4, -0.2) is 9.97 Å². The summed E-state index contributed by atoms with van der Waals surface area (Å²) in [6, 6.07) is 73.5. The Morgan fingerprint density at radius 2 is 0.836 bits per heavy atom. The van der Waals surface area contributed by atoms with Crippen LogP contribution >= 0.6 is 0 Å². The molecule has 8 aromatic carbocycles. The Labute approximate surface area is 320 Å². The topological polar surface area (TPSA) is 29.0 Å². The molecule has 258 valence electrons. The molecule has 10 aromatic rings. The summed E-state index contributed by atoms with van der Waals surface area (Å²) in [5.41, 5.74) is 14.0. The van der Waals surface area contributed by atoms with Gasteiger partial charge in [0.25, 0.3) is 0 Å². The fourth-order valence-corrected chi connectivity index (χ4v) is 7.63. The normalized spacial score (nSPS) is 11.3. The van der Waals surface area contributed by atoms with Crippen molar-refractivity contribution in [2.45, 2.75) is 0 Å². The molecule has 0 bridgehead atoms. The molecule has 0 N–H and O–H groups in total. The van der Waals surface area contributed by atoms with Crippen molar-refractivity contribution in [3.63, 3.8) is 0 Å². The summed E-state index contributed by atoms with van der Waals surface area (Å²) < 4.78 is 0. The quantitative estimate of drug-likeness (QED) is 0.166. The first kappa shape index (κ1) is 32.3. The van der Waals surface area contributed by atoms with E-state index in [1.165, 1.54) is 43.8 Å². The van der Waals surface area contributed by atoms with Crippen molar-refractivity contribution in [2.75, 3.05) is 4.90 Å². The number of hydrogen-bond donors (Lipinski definition) is 0. The SMILES string of the molecule is c1ccc(-c2ccc3cc(N(c4ccc(-c5ccc6ccccc6c5)cc4)c4ccc(-c5cc(-c6ccccc6)c6ncccc6n5)cc4)ccc3c2)cc1. The summed E-state index contributed by atoms with van der Waals surface area (Å²) in [6.45, 7) is 0. The molecular formula is C52H35N3. The van der Waals surface area contributed by atoms with Crippen LogP contribution in [0.15, 0.2) is 212 Å². The lowest BCUT2D eigenvalue weighted by atomic mass is 9.99. The van der Waals surface area contributed by atoms with Gasteiger partial charge in [-0.25, -0.2) is 4.98 Å². The molecule has 10 rings (SSSR count). The molecule has 0 atom stereocenters. The number of pyridine rings is 2. The summed E-state index contributed by atoms with van der Waals surface area (Å²) in [4.78, 5) is 12.1. The minimum Gasteiger partial charge on any atom is -0.310 e. The zero-order valence-electron chi connectivity index (χ0n) is 30.0. The van der Waals surface area contributed by atoms with Gasteiger partial charge in [-0.3, -0.25) is 4.98 Å². The maximum atomic E-state index is 5.07. The van der Waals surface area contributed by atoms with Crippen LogP contribution in [0, 0.1) is 0 Å². The minimum absolute atomic E-state index is 0.877. The molecule has 0 radical (unpaired) electrons. The third-order valence-corrected chi connectivity index (χ3v) is 10.5. The fraction of sp³-hybridized carbons (Fsp3) is 0. The number of anilines is 3. The van der Waals surface area contributed by atoms with Crippen molar-refractivity contribution >= 4 is 49.6 Å². The predicted molar refractivity (Wildman–Crippen MR) is 231 cm³/mol. The molecule has 0 spiro atoms. The smallest absolute Gasteiger partial charge is 0.0965 e. The third-order valence-electron chi connectivity index (χ3n) is 10.5. The highest BCUT2D eigenvalue weighted by Gasteiger charge is 2.16. The maximum absolute atomic E-state index is 5.07. The molecule has 2 aromatic heterocycles. The molecule has 0 saturated carbocycles. The molecule has 55 heavy (non-hydrogen) atoms. The van der Waals surface area contributed by atoms with Gasteiger partial charge in [0.15, 0.2) is 0 Å². The van der Waals surface area contributed by atoms with Crippen molar-refractivity contribution in [1.29, 1.82) is 0 Å². The van der Waals surface area contributed by atoms with Gasteiger partial charge in [-0.2, -0.15) is 0 Å². The number of aromatic nitrogens is 2. The number of rotatable bonds is 7.